The Labute approximate surface area is 132 Å². The van der Waals surface area contributed by atoms with Gasteiger partial charge in [-0.3, -0.25) is 9.52 Å². The predicted octanol–water partition coefficient (Wildman–Crippen LogP) is 2.90. The molecule has 0 unspecified atom stereocenters. The normalized spacial score (nSPS) is 11.1. The number of sulfonamides is 1. The van der Waals surface area contributed by atoms with Gasteiger partial charge in [0.25, 0.3) is 5.91 Å². The Balaban J connectivity index is 2.24. The molecule has 0 atom stereocenters. The van der Waals surface area contributed by atoms with Crippen molar-refractivity contribution in [2.24, 2.45) is 0 Å². The zero-order chi connectivity index (χ0) is 17.2. The van der Waals surface area contributed by atoms with E-state index in [0.29, 0.717) is 6.07 Å². The van der Waals surface area contributed by atoms with Crippen LogP contribution in [0.1, 0.15) is 15.9 Å². The Morgan fingerprint density at radius 1 is 1.04 bits per heavy atom. The van der Waals surface area contributed by atoms with Crippen LogP contribution < -0.4 is 10.0 Å². The van der Waals surface area contributed by atoms with Gasteiger partial charge in [-0.05, 0) is 36.8 Å². The second-order valence-corrected chi connectivity index (χ2v) is 6.74. The van der Waals surface area contributed by atoms with Gasteiger partial charge in [0.05, 0.1) is 17.5 Å². The minimum absolute atomic E-state index is 0.143. The van der Waals surface area contributed by atoms with E-state index in [0.717, 1.165) is 12.3 Å². The Morgan fingerprint density at radius 2 is 1.70 bits per heavy atom. The maximum absolute atomic E-state index is 13.7. The van der Waals surface area contributed by atoms with Gasteiger partial charge in [-0.1, -0.05) is 6.07 Å². The topological polar surface area (TPSA) is 75.3 Å². The molecule has 0 spiro atoms. The number of rotatable bonds is 4. The maximum atomic E-state index is 13.7. The first-order valence-electron chi connectivity index (χ1n) is 6.50. The molecule has 2 rings (SSSR count). The summed E-state index contributed by atoms with van der Waals surface area (Å²) in [6, 6.07) is 7.67. The molecule has 0 bridgehead atoms. The highest BCUT2D eigenvalue weighted by Crippen LogP contribution is 2.19. The molecule has 23 heavy (non-hydrogen) atoms. The van der Waals surface area contributed by atoms with E-state index in [-0.39, 0.29) is 22.5 Å². The smallest absolute Gasteiger partial charge is 0.258 e. The van der Waals surface area contributed by atoms with Crippen molar-refractivity contribution in [1.29, 1.82) is 0 Å². The molecular formula is C15H14F2N2O3S. The van der Waals surface area contributed by atoms with Crippen molar-refractivity contribution in [1.82, 2.24) is 0 Å². The van der Waals surface area contributed by atoms with Gasteiger partial charge in [-0.25, -0.2) is 17.2 Å². The number of amides is 1. The minimum atomic E-state index is -3.46. The van der Waals surface area contributed by atoms with Crippen LogP contribution in [0, 0.1) is 18.6 Å². The first-order chi connectivity index (χ1) is 10.7. The van der Waals surface area contributed by atoms with Crippen LogP contribution in [0.4, 0.5) is 20.2 Å². The molecule has 122 valence electrons. The monoisotopic (exact) mass is 340 g/mol. The fourth-order valence-corrected chi connectivity index (χ4v) is 2.46. The summed E-state index contributed by atoms with van der Waals surface area (Å²) in [6.45, 7) is 1.42. The number of halogens is 2. The van der Waals surface area contributed by atoms with E-state index in [9.17, 15) is 22.0 Å². The second-order valence-electron chi connectivity index (χ2n) is 4.99. The molecule has 5 nitrogen and oxygen atoms in total. The van der Waals surface area contributed by atoms with Gasteiger partial charge in [0, 0.05) is 11.8 Å². The molecule has 2 aromatic carbocycles. The number of hydrogen-bond donors (Lipinski definition) is 2. The average molecular weight is 340 g/mol. The summed E-state index contributed by atoms with van der Waals surface area (Å²) in [7, 11) is -3.46. The second kappa shape index (κ2) is 6.33. The standard InChI is InChI=1S/C15H14F2N2O3S/c1-9-6-12(14(17)8-13(9)16)15(20)18-10-4-3-5-11(7-10)19-23(2,21)22/h3-8,19H,1-2H3,(H,18,20). The third kappa shape index (κ3) is 4.49. The van der Waals surface area contributed by atoms with E-state index in [1.54, 1.807) is 0 Å². The summed E-state index contributed by atoms with van der Waals surface area (Å²) >= 11 is 0. The summed E-state index contributed by atoms with van der Waals surface area (Å²) in [5, 5.41) is 2.44. The lowest BCUT2D eigenvalue weighted by atomic mass is 10.1. The fraction of sp³-hybridized carbons (Fsp3) is 0.133. The molecule has 0 fully saturated rings. The van der Waals surface area contributed by atoms with Crippen LogP contribution in [0.15, 0.2) is 36.4 Å². The Morgan fingerprint density at radius 3 is 2.35 bits per heavy atom. The van der Waals surface area contributed by atoms with Crippen LogP contribution in [0.5, 0.6) is 0 Å². The number of nitrogens with one attached hydrogen (secondary N) is 2. The zero-order valence-electron chi connectivity index (χ0n) is 12.4. The van der Waals surface area contributed by atoms with Crippen molar-refractivity contribution >= 4 is 27.3 Å². The van der Waals surface area contributed by atoms with Gasteiger partial charge in [0.1, 0.15) is 11.6 Å². The maximum Gasteiger partial charge on any atom is 0.258 e. The van der Waals surface area contributed by atoms with Crippen LogP contribution in [-0.2, 0) is 10.0 Å². The number of benzene rings is 2. The minimum Gasteiger partial charge on any atom is -0.322 e. The quantitative estimate of drug-likeness (QED) is 0.899. The van der Waals surface area contributed by atoms with E-state index < -0.39 is 27.6 Å². The number of hydrogen-bond acceptors (Lipinski definition) is 3. The largest absolute Gasteiger partial charge is 0.322 e. The van der Waals surface area contributed by atoms with Crippen LogP contribution in [0.25, 0.3) is 0 Å². The molecule has 1 amide bonds. The highest BCUT2D eigenvalue weighted by molar-refractivity contribution is 7.92. The Bertz CT molecular complexity index is 867. The van der Waals surface area contributed by atoms with Gasteiger partial charge in [-0.15, -0.1) is 0 Å². The lowest BCUT2D eigenvalue weighted by Crippen LogP contribution is -2.15. The molecule has 0 radical (unpaired) electrons. The lowest BCUT2D eigenvalue weighted by Gasteiger charge is -2.09. The third-order valence-electron chi connectivity index (χ3n) is 2.92. The van der Waals surface area contributed by atoms with Crippen LogP contribution >= 0.6 is 0 Å². The molecule has 8 heteroatoms. The zero-order valence-corrected chi connectivity index (χ0v) is 13.2. The lowest BCUT2D eigenvalue weighted by molar-refractivity contribution is 0.102. The van der Waals surface area contributed by atoms with Crippen LogP contribution in [-0.4, -0.2) is 20.6 Å². The van der Waals surface area contributed by atoms with Gasteiger partial charge in [0.2, 0.25) is 10.0 Å². The van der Waals surface area contributed by atoms with Crippen molar-refractivity contribution in [3.05, 3.63) is 59.2 Å². The number of carbonyl (C=O) groups excluding carboxylic acids is 1. The number of anilines is 2. The summed E-state index contributed by atoms with van der Waals surface area (Å²) < 4.78 is 51.5. The van der Waals surface area contributed by atoms with Gasteiger partial charge >= 0.3 is 0 Å². The van der Waals surface area contributed by atoms with E-state index in [4.69, 9.17) is 0 Å². The summed E-state index contributed by atoms with van der Waals surface area (Å²) in [6.07, 6.45) is 0.995. The van der Waals surface area contributed by atoms with Crippen molar-refractivity contribution < 1.29 is 22.0 Å². The van der Waals surface area contributed by atoms with Crippen LogP contribution in [0.2, 0.25) is 0 Å². The first-order valence-corrected chi connectivity index (χ1v) is 8.40. The molecular weight excluding hydrogens is 326 g/mol. The van der Waals surface area contributed by atoms with Gasteiger partial charge < -0.3 is 5.32 Å². The van der Waals surface area contributed by atoms with Crippen LogP contribution in [0.3, 0.4) is 0 Å². The summed E-state index contributed by atoms with van der Waals surface area (Å²) in [5.41, 5.74) is 0.362. The SMILES string of the molecule is Cc1cc(C(=O)Nc2cccc(NS(C)(=O)=O)c2)c(F)cc1F. The van der Waals surface area contributed by atoms with E-state index in [2.05, 4.69) is 10.0 Å². The number of carbonyl (C=O) groups is 1. The fourth-order valence-electron chi connectivity index (χ4n) is 1.90. The molecule has 0 aliphatic heterocycles. The summed E-state index contributed by atoms with van der Waals surface area (Å²) in [4.78, 5) is 12.1. The van der Waals surface area contributed by atoms with Crippen molar-refractivity contribution in [3.8, 4) is 0 Å². The van der Waals surface area contributed by atoms with E-state index in [1.165, 1.54) is 31.2 Å². The van der Waals surface area contributed by atoms with Gasteiger partial charge in [0.15, 0.2) is 0 Å². The molecule has 0 aliphatic rings. The number of aryl methyl sites for hydroxylation is 1. The molecule has 2 N–H and O–H groups in total. The Kier molecular flexibility index (Phi) is 4.65. The molecule has 0 aliphatic carbocycles. The highest BCUT2D eigenvalue weighted by atomic mass is 32.2. The molecule has 2 aromatic rings. The first kappa shape index (κ1) is 16.9. The van der Waals surface area contributed by atoms with E-state index >= 15 is 0 Å². The van der Waals surface area contributed by atoms with Crippen molar-refractivity contribution in [2.45, 2.75) is 6.92 Å². The Hall–Kier alpha value is -2.48. The van der Waals surface area contributed by atoms with Crippen molar-refractivity contribution in [3.63, 3.8) is 0 Å². The van der Waals surface area contributed by atoms with E-state index in [1.807, 2.05) is 0 Å². The molecule has 0 heterocycles. The van der Waals surface area contributed by atoms with Gasteiger partial charge in [-0.2, -0.15) is 0 Å². The predicted molar refractivity (Wildman–Crippen MR) is 84.0 cm³/mol. The molecule has 0 saturated carbocycles. The third-order valence-corrected chi connectivity index (χ3v) is 3.52. The molecule has 0 aromatic heterocycles. The highest BCUT2D eigenvalue weighted by Gasteiger charge is 2.15. The molecule has 0 saturated heterocycles. The average Bonchev–Trinajstić information content (AvgIpc) is 2.41. The van der Waals surface area contributed by atoms with Crippen molar-refractivity contribution in [2.75, 3.05) is 16.3 Å². The summed E-state index contributed by atoms with van der Waals surface area (Å²) in [5.74, 6) is -2.48.